The standard InChI is InChI=1S/C35H59N3O9/c1-21(2)27(15-26-16-31(33(44-9)37-20-26)45-14-10-13-43-8)17-29(38-35(42)47-24(7)46-34(41)23(5)6)30(39)18-28(22(3)4)32(40)36-19-25-11-12-25/h16,20-25,27-30,39H,10-15,17-19H2,1-9H3,(H,36,40)(H,38,42)/t24?,27-,28-,29-,30-/m0/s1. The van der Waals surface area contributed by atoms with Gasteiger partial charge in [0.2, 0.25) is 12.2 Å². The van der Waals surface area contributed by atoms with E-state index in [1.54, 1.807) is 34.3 Å². The molecule has 1 heterocycles. The highest BCUT2D eigenvalue weighted by atomic mass is 16.7. The smallest absolute Gasteiger partial charge is 0.410 e. The number of ether oxygens (including phenoxy) is 5. The predicted molar refractivity (Wildman–Crippen MR) is 178 cm³/mol. The summed E-state index contributed by atoms with van der Waals surface area (Å²) in [5.41, 5.74) is 0.913. The van der Waals surface area contributed by atoms with Crippen LogP contribution in [-0.2, 0) is 30.2 Å². The van der Waals surface area contributed by atoms with Gasteiger partial charge in [0.15, 0.2) is 5.75 Å². The molecule has 0 bridgehead atoms. The summed E-state index contributed by atoms with van der Waals surface area (Å²) in [7, 11) is 3.18. The molecule has 0 saturated heterocycles. The van der Waals surface area contributed by atoms with E-state index in [1.807, 2.05) is 19.9 Å². The lowest BCUT2D eigenvalue weighted by Gasteiger charge is -2.32. The summed E-state index contributed by atoms with van der Waals surface area (Å²) in [4.78, 5) is 42.7. The van der Waals surface area contributed by atoms with Crippen molar-refractivity contribution < 1.29 is 43.2 Å². The number of methoxy groups -OCH3 is 2. The van der Waals surface area contributed by atoms with Crippen molar-refractivity contribution in [1.82, 2.24) is 15.6 Å². The van der Waals surface area contributed by atoms with E-state index in [-0.39, 0.29) is 36.0 Å². The molecular formula is C35H59N3O9. The fourth-order valence-corrected chi connectivity index (χ4v) is 5.22. The molecule has 5 atom stereocenters. The van der Waals surface area contributed by atoms with Crippen molar-refractivity contribution in [3.63, 3.8) is 0 Å². The first-order chi connectivity index (χ1) is 22.2. The maximum atomic E-state index is 13.1. The van der Waals surface area contributed by atoms with E-state index in [9.17, 15) is 19.5 Å². The van der Waals surface area contributed by atoms with Crippen LogP contribution in [0.25, 0.3) is 0 Å². The van der Waals surface area contributed by atoms with E-state index in [0.29, 0.717) is 56.6 Å². The number of amides is 2. The van der Waals surface area contributed by atoms with Gasteiger partial charge in [0.25, 0.3) is 5.88 Å². The zero-order valence-electron chi connectivity index (χ0n) is 29.9. The molecule has 0 aromatic carbocycles. The third-order valence-corrected chi connectivity index (χ3v) is 8.51. The van der Waals surface area contributed by atoms with Crippen LogP contribution in [0, 0.1) is 35.5 Å². The Hall–Kier alpha value is -3.12. The predicted octanol–water partition coefficient (Wildman–Crippen LogP) is 4.90. The summed E-state index contributed by atoms with van der Waals surface area (Å²) >= 11 is 0. The van der Waals surface area contributed by atoms with E-state index in [0.717, 1.165) is 18.4 Å². The number of nitrogens with zero attached hydrogens (tertiary/aromatic N) is 1. The van der Waals surface area contributed by atoms with Crippen molar-refractivity contribution in [1.29, 1.82) is 0 Å². The van der Waals surface area contributed by atoms with Gasteiger partial charge < -0.3 is 39.4 Å². The maximum absolute atomic E-state index is 13.1. The number of rotatable bonds is 22. The van der Waals surface area contributed by atoms with Gasteiger partial charge in [0.1, 0.15) is 0 Å². The summed E-state index contributed by atoms with van der Waals surface area (Å²) < 4.78 is 27.0. The largest absolute Gasteiger partial charge is 0.488 e. The minimum Gasteiger partial charge on any atom is -0.488 e. The third-order valence-electron chi connectivity index (χ3n) is 8.51. The molecule has 1 unspecified atom stereocenters. The van der Waals surface area contributed by atoms with Gasteiger partial charge in [-0.05, 0) is 67.4 Å². The molecule has 12 nitrogen and oxygen atoms in total. The molecule has 1 saturated carbocycles. The van der Waals surface area contributed by atoms with Crippen LogP contribution >= 0.6 is 0 Å². The summed E-state index contributed by atoms with van der Waals surface area (Å²) in [6.07, 6.45) is 2.84. The Balaban J connectivity index is 2.26. The zero-order valence-corrected chi connectivity index (χ0v) is 29.9. The fourth-order valence-electron chi connectivity index (χ4n) is 5.22. The van der Waals surface area contributed by atoms with Crippen molar-refractivity contribution in [2.24, 2.45) is 35.5 Å². The molecule has 1 fully saturated rings. The highest BCUT2D eigenvalue weighted by Crippen LogP contribution is 2.31. The molecule has 268 valence electrons. The number of alkyl carbamates (subject to hydrolysis) is 1. The molecule has 12 heteroatoms. The second-order valence-electron chi connectivity index (χ2n) is 13.6. The highest BCUT2D eigenvalue weighted by molar-refractivity contribution is 5.79. The Labute approximate surface area is 281 Å². The molecular weight excluding hydrogens is 606 g/mol. The highest BCUT2D eigenvalue weighted by Gasteiger charge is 2.34. The second kappa shape index (κ2) is 20.3. The van der Waals surface area contributed by atoms with Crippen LogP contribution in [0.4, 0.5) is 4.79 Å². The molecule has 0 radical (unpaired) electrons. The first-order valence-electron chi connectivity index (χ1n) is 17.0. The molecule has 0 aliphatic heterocycles. The Morgan fingerprint density at radius 3 is 2.26 bits per heavy atom. The Bertz CT molecular complexity index is 1110. The van der Waals surface area contributed by atoms with Crippen LogP contribution < -0.4 is 20.1 Å². The summed E-state index contributed by atoms with van der Waals surface area (Å²) in [5, 5.41) is 17.5. The monoisotopic (exact) mass is 665 g/mol. The van der Waals surface area contributed by atoms with Crippen LogP contribution in [0.2, 0.25) is 0 Å². The number of hydrogen-bond acceptors (Lipinski definition) is 10. The number of pyridine rings is 1. The van der Waals surface area contributed by atoms with Crippen molar-refractivity contribution >= 4 is 18.0 Å². The van der Waals surface area contributed by atoms with E-state index in [4.69, 9.17) is 23.7 Å². The number of aliphatic hydroxyl groups excluding tert-OH is 1. The van der Waals surface area contributed by atoms with Gasteiger partial charge in [-0.1, -0.05) is 41.5 Å². The number of hydrogen-bond donors (Lipinski definition) is 3. The summed E-state index contributed by atoms with van der Waals surface area (Å²) in [5.74, 6) is 0.153. The van der Waals surface area contributed by atoms with Crippen LogP contribution in [-0.4, -0.2) is 80.5 Å². The minimum absolute atomic E-state index is 0.0103. The van der Waals surface area contributed by atoms with Crippen LogP contribution in [0.15, 0.2) is 12.3 Å². The minimum atomic E-state index is -1.12. The first-order valence-corrected chi connectivity index (χ1v) is 17.0. The van der Waals surface area contributed by atoms with E-state index >= 15 is 0 Å². The Morgan fingerprint density at radius 2 is 1.68 bits per heavy atom. The first kappa shape index (κ1) is 40.1. The van der Waals surface area contributed by atoms with Crippen LogP contribution in [0.3, 0.4) is 0 Å². The second-order valence-corrected chi connectivity index (χ2v) is 13.6. The van der Waals surface area contributed by atoms with Crippen LogP contribution in [0.5, 0.6) is 11.6 Å². The number of aromatic nitrogens is 1. The summed E-state index contributed by atoms with van der Waals surface area (Å²) in [6, 6.07) is 1.15. The normalized spacial score (nSPS) is 16.3. The fraction of sp³-hybridized carbons (Fsp3) is 0.771. The molecule has 1 aromatic heterocycles. The molecule has 2 rings (SSSR count). The number of nitrogens with one attached hydrogen (secondary N) is 2. The molecule has 0 spiro atoms. The maximum Gasteiger partial charge on any atom is 0.410 e. The van der Waals surface area contributed by atoms with Gasteiger partial charge in [-0.15, -0.1) is 0 Å². The van der Waals surface area contributed by atoms with Gasteiger partial charge in [-0.3, -0.25) is 9.59 Å². The molecule has 1 aliphatic carbocycles. The molecule has 3 N–H and O–H groups in total. The number of esters is 1. The van der Waals surface area contributed by atoms with Gasteiger partial charge in [-0.2, -0.15) is 0 Å². The van der Waals surface area contributed by atoms with Gasteiger partial charge in [0.05, 0.1) is 31.8 Å². The Morgan fingerprint density at radius 1 is 0.979 bits per heavy atom. The van der Waals surface area contributed by atoms with Crippen molar-refractivity contribution in [3.05, 3.63) is 17.8 Å². The topological polar surface area (TPSA) is 155 Å². The molecule has 1 aromatic rings. The van der Waals surface area contributed by atoms with Crippen molar-refractivity contribution in [3.8, 4) is 11.6 Å². The number of carbonyl (C=O) groups is 3. The van der Waals surface area contributed by atoms with E-state index in [2.05, 4.69) is 29.5 Å². The lowest BCUT2D eigenvalue weighted by Crippen LogP contribution is -2.48. The molecule has 2 amide bonds. The lowest BCUT2D eigenvalue weighted by atomic mass is 9.80. The molecule has 1 aliphatic rings. The number of aliphatic hydroxyl groups is 1. The van der Waals surface area contributed by atoms with Crippen LogP contribution in [0.1, 0.15) is 86.1 Å². The number of carbonyl (C=O) groups excluding carboxylic acids is 3. The van der Waals surface area contributed by atoms with Crippen molar-refractivity contribution in [2.75, 3.05) is 34.0 Å². The SMILES string of the molecule is COCCCOc1cc(C[C@@H](C[C@H](NC(=O)OC(C)OC(=O)C(C)C)[C@@H](O)C[C@H](C(=O)NCC2CC2)C(C)C)C(C)C)cnc1OC. The van der Waals surface area contributed by atoms with E-state index in [1.165, 1.54) is 6.92 Å². The van der Waals surface area contributed by atoms with E-state index < -0.39 is 36.4 Å². The van der Waals surface area contributed by atoms with Gasteiger partial charge in [-0.25, -0.2) is 9.78 Å². The van der Waals surface area contributed by atoms with Gasteiger partial charge in [0, 0.05) is 45.7 Å². The lowest BCUT2D eigenvalue weighted by molar-refractivity contribution is -0.168. The third kappa shape index (κ3) is 14.7. The quantitative estimate of drug-likeness (QED) is 0.0885. The zero-order chi connectivity index (χ0) is 35.1. The Kier molecular flexibility index (Phi) is 17.3. The average molecular weight is 666 g/mol. The van der Waals surface area contributed by atoms with Gasteiger partial charge >= 0.3 is 12.1 Å². The average Bonchev–Trinajstić information content (AvgIpc) is 3.84. The van der Waals surface area contributed by atoms with Crippen molar-refractivity contribution in [2.45, 2.75) is 105 Å². The summed E-state index contributed by atoms with van der Waals surface area (Å²) in [6.45, 7) is 14.6. The molecule has 47 heavy (non-hydrogen) atoms.